The van der Waals surface area contributed by atoms with Gasteiger partial charge in [0.2, 0.25) is 0 Å². The van der Waals surface area contributed by atoms with Gasteiger partial charge >= 0.3 is 0 Å². The van der Waals surface area contributed by atoms with Crippen molar-refractivity contribution in [1.29, 1.82) is 0 Å². The average molecular weight is 481 g/mol. The molecule has 0 nitrogen and oxygen atoms in total. The standard InChI is InChI=1S/C21H28.C12H22.H3P/c1-14(2)17-10-7-8-11-19(17)20-13-9-12-18(15(3)4)21(20)16(5)6;1-3-7-11(8-4-1)12-9-5-2-6-10-12;/h7-16H,1-6H3;11-12H,1-10H2;1H3. The fourth-order valence-corrected chi connectivity index (χ4v) is 6.42. The lowest BCUT2D eigenvalue weighted by atomic mass is 9.73. The van der Waals surface area contributed by atoms with Crippen LogP contribution in [0.1, 0.15) is 140 Å². The van der Waals surface area contributed by atoms with Crippen molar-refractivity contribution >= 4 is 9.90 Å². The van der Waals surface area contributed by atoms with Crippen LogP contribution in [0.25, 0.3) is 11.1 Å². The fraction of sp³-hybridized carbons (Fsp3) is 0.636. The van der Waals surface area contributed by atoms with Crippen molar-refractivity contribution in [1.82, 2.24) is 0 Å². The van der Waals surface area contributed by atoms with Crippen molar-refractivity contribution in [3.8, 4) is 11.1 Å². The zero-order chi connectivity index (χ0) is 23.8. The largest absolute Gasteiger partial charge is 0.153 e. The first-order valence-corrected chi connectivity index (χ1v) is 14.1. The van der Waals surface area contributed by atoms with Crippen LogP contribution in [0.5, 0.6) is 0 Å². The monoisotopic (exact) mass is 480 g/mol. The third kappa shape index (κ3) is 7.68. The Morgan fingerprint density at radius 3 is 1.41 bits per heavy atom. The highest BCUT2D eigenvalue weighted by atomic mass is 31.0. The molecule has 0 aromatic heterocycles. The number of rotatable bonds is 5. The first kappa shape index (κ1) is 29.1. The molecule has 0 saturated heterocycles. The molecule has 1 unspecified atom stereocenters. The van der Waals surface area contributed by atoms with Crippen LogP contribution in [-0.2, 0) is 0 Å². The smallest absolute Gasteiger partial charge is 0.0144 e. The van der Waals surface area contributed by atoms with Gasteiger partial charge in [0.15, 0.2) is 0 Å². The molecule has 2 aliphatic rings. The predicted octanol–water partition coefficient (Wildman–Crippen LogP) is 10.9. The highest BCUT2D eigenvalue weighted by Crippen LogP contribution is 2.39. The number of hydrogen-bond donors (Lipinski definition) is 0. The van der Waals surface area contributed by atoms with Crippen LogP contribution >= 0.6 is 9.90 Å². The molecule has 2 saturated carbocycles. The van der Waals surface area contributed by atoms with Crippen molar-refractivity contribution in [2.24, 2.45) is 11.8 Å². The molecular formula is C33H53P. The summed E-state index contributed by atoms with van der Waals surface area (Å²) in [5.41, 5.74) is 7.26. The van der Waals surface area contributed by atoms with E-state index in [1.807, 2.05) is 0 Å². The lowest BCUT2D eigenvalue weighted by molar-refractivity contribution is 0.196. The first-order valence-electron chi connectivity index (χ1n) is 14.1. The van der Waals surface area contributed by atoms with E-state index in [-0.39, 0.29) is 9.90 Å². The molecule has 0 N–H and O–H groups in total. The third-order valence-corrected chi connectivity index (χ3v) is 8.18. The molecule has 0 bridgehead atoms. The van der Waals surface area contributed by atoms with E-state index in [1.165, 1.54) is 66.3 Å². The summed E-state index contributed by atoms with van der Waals surface area (Å²) in [6.07, 6.45) is 15.4. The predicted molar refractivity (Wildman–Crippen MR) is 158 cm³/mol. The zero-order valence-electron chi connectivity index (χ0n) is 23.2. The van der Waals surface area contributed by atoms with Gasteiger partial charge in [0.05, 0.1) is 0 Å². The summed E-state index contributed by atoms with van der Waals surface area (Å²) in [6.45, 7) is 13.8. The molecule has 1 heteroatoms. The second-order valence-electron chi connectivity index (χ2n) is 11.7. The Balaban J connectivity index is 0.000000266. The maximum absolute atomic E-state index is 2.31. The summed E-state index contributed by atoms with van der Waals surface area (Å²) in [6, 6.07) is 15.7. The summed E-state index contributed by atoms with van der Waals surface area (Å²) in [4.78, 5) is 0. The van der Waals surface area contributed by atoms with Gasteiger partial charge in [-0.25, -0.2) is 0 Å². The molecular weight excluding hydrogens is 427 g/mol. The minimum absolute atomic E-state index is 0. The second-order valence-corrected chi connectivity index (χ2v) is 11.7. The van der Waals surface area contributed by atoms with Crippen LogP contribution in [0, 0.1) is 11.8 Å². The van der Waals surface area contributed by atoms with Crippen LogP contribution in [0.2, 0.25) is 0 Å². The van der Waals surface area contributed by atoms with E-state index in [4.69, 9.17) is 0 Å². The molecule has 1 atom stereocenters. The number of hydrogen-bond acceptors (Lipinski definition) is 0. The topological polar surface area (TPSA) is 0 Å². The Labute approximate surface area is 215 Å². The Bertz CT molecular complexity index is 819. The van der Waals surface area contributed by atoms with E-state index in [0.29, 0.717) is 17.8 Å². The minimum atomic E-state index is 0. The van der Waals surface area contributed by atoms with E-state index in [2.05, 4.69) is 84.0 Å². The minimum Gasteiger partial charge on any atom is -0.153 e. The van der Waals surface area contributed by atoms with Gasteiger partial charge in [-0.05, 0) is 57.4 Å². The van der Waals surface area contributed by atoms with Crippen LogP contribution in [-0.4, -0.2) is 0 Å². The molecule has 2 aliphatic carbocycles. The second kappa shape index (κ2) is 14.4. The summed E-state index contributed by atoms with van der Waals surface area (Å²) in [5.74, 6) is 3.93. The molecule has 0 heterocycles. The molecule has 2 aromatic carbocycles. The van der Waals surface area contributed by atoms with Crippen LogP contribution in [0.4, 0.5) is 0 Å². The Kier molecular flexibility index (Phi) is 12.4. The summed E-state index contributed by atoms with van der Waals surface area (Å²) in [5, 5.41) is 0. The first-order chi connectivity index (χ1) is 15.9. The quantitative estimate of drug-likeness (QED) is 0.373. The number of benzene rings is 2. The van der Waals surface area contributed by atoms with Gasteiger partial charge in [-0.15, -0.1) is 0 Å². The Hall–Kier alpha value is -1.13. The molecule has 0 spiro atoms. The van der Waals surface area contributed by atoms with Gasteiger partial charge in [-0.3, -0.25) is 0 Å². The van der Waals surface area contributed by atoms with Crippen molar-refractivity contribution in [3.63, 3.8) is 0 Å². The molecule has 4 rings (SSSR count). The summed E-state index contributed by atoms with van der Waals surface area (Å²) in [7, 11) is 0. The molecule has 190 valence electrons. The van der Waals surface area contributed by atoms with E-state index in [1.54, 1.807) is 25.7 Å². The van der Waals surface area contributed by atoms with Gasteiger partial charge in [-0.1, -0.05) is 148 Å². The van der Waals surface area contributed by atoms with Crippen molar-refractivity contribution in [2.45, 2.75) is 124 Å². The molecule has 0 amide bonds. The van der Waals surface area contributed by atoms with Crippen LogP contribution in [0.15, 0.2) is 42.5 Å². The Morgan fingerprint density at radius 2 is 0.941 bits per heavy atom. The SMILES string of the molecule is C1CCC(C2CCCCC2)CC1.CC(C)c1ccccc1-c1cccc(C(C)C)c1C(C)C.P. The summed E-state index contributed by atoms with van der Waals surface area (Å²) >= 11 is 0. The summed E-state index contributed by atoms with van der Waals surface area (Å²) < 4.78 is 0. The lowest BCUT2D eigenvalue weighted by Crippen LogP contribution is -2.20. The van der Waals surface area contributed by atoms with E-state index in [9.17, 15) is 0 Å². The third-order valence-electron chi connectivity index (χ3n) is 8.18. The molecule has 0 aliphatic heterocycles. The van der Waals surface area contributed by atoms with Crippen LogP contribution in [0.3, 0.4) is 0 Å². The maximum atomic E-state index is 2.31. The normalized spacial score (nSPS) is 17.4. The van der Waals surface area contributed by atoms with E-state index < -0.39 is 0 Å². The van der Waals surface area contributed by atoms with Gasteiger partial charge in [0.1, 0.15) is 0 Å². The van der Waals surface area contributed by atoms with E-state index >= 15 is 0 Å². The molecule has 2 fully saturated rings. The average Bonchev–Trinajstić information content (AvgIpc) is 2.85. The van der Waals surface area contributed by atoms with Gasteiger partial charge in [-0.2, -0.15) is 9.90 Å². The zero-order valence-corrected chi connectivity index (χ0v) is 24.6. The highest BCUT2D eigenvalue weighted by molar-refractivity contribution is 6.92. The molecule has 2 aromatic rings. The van der Waals surface area contributed by atoms with E-state index in [0.717, 1.165) is 11.8 Å². The highest BCUT2D eigenvalue weighted by Gasteiger charge is 2.24. The lowest BCUT2D eigenvalue weighted by Gasteiger charge is -2.32. The maximum Gasteiger partial charge on any atom is -0.0144 e. The molecule has 34 heavy (non-hydrogen) atoms. The van der Waals surface area contributed by atoms with Crippen molar-refractivity contribution < 1.29 is 0 Å². The van der Waals surface area contributed by atoms with Crippen molar-refractivity contribution in [2.75, 3.05) is 0 Å². The Morgan fingerprint density at radius 1 is 0.500 bits per heavy atom. The van der Waals surface area contributed by atoms with Gasteiger partial charge in [0, 0.05) is 0 Å². The van der Waals surface area contributed by atoms with Crippen molar-refractivity contribution in [3.05, 3.63) is 59.2 Å². The van der Waals surface area contributed by atoms with Gasteiger partial charge in [0.25, 0.3) is 0 Å². The van der Waals surface area contributed by atoms with Crippen LogP contribution < -0.4 is 0 Å². The fourth-order valence-electron chi connectivity index (χ4n) is 6.42. The molecule has 0 radical (unpaired) electrons. The van der Waals surface area contributed by atoms with Gasteiger partial charge < -0.3 is 0 Å².